The Labute approximate surface area is 207 Å². The van der Waals surface area contributed by atoms with Gasteiger partial charge in [0.05, 0.1) is 37.3 Å². The summed E-state index contributed by atoms with van der Waals surface area (Å²) in [4.78, 5) is 25.7. The first-order valence-corrected chi connectivity index (χ1v) is 11.6. The van der Waals surface area contributed by atoms with E-state index in [0.717, 1.165) is 17.7 Å². The molecular weight excluding hydrogens is 478 g/mol. The molecule has 1 aliphatic heterocycles. The average Bonchev–Trinajstić information content (AvgIpc) is 2.80. The van der Waals surface area contributed by atoms with Gasteiger partial charge in [0.1, 0.15) is 11.6 Å². The number of hydrogen-bond donors (Lipinski definition) is 3. The lowest BCUT2D eigenvalue weighted by molar-refractivity contribution is -0.140. The number of carbonyl (C=O) groups is 2. The molecule has 3 atom stereocenters. The third-order valence-electron chi connectivity index (χ3n) is 6.56. The third kappa shape index (κ3) is 5.98. The Kier molecular flexibility index (Phi) is 7.97. The van der Waals surface area contributed by atoms with Crippen molar-refractivity contribution in [1.29, 1.82) is 0 Å². The zero-order chi connectivity index (χ0) is 26.8. The smallest absolute Gasteiger partial charge is 0.419 e. The van der Waals surface area contributed by atoms with E-state index >= 15 is 0 Å². The van der Waals surface area contributed by atoms with E-state index in [1.54, 1.807) is 21.0 Å². The molecule has 36 heavy (non-hydrogen) atoms. The minimum atomic E-state index is -4.82. The molecule has 0 radical (unpaired) electrons. The van der Waals surface area contributed by atoms with Crippen molar-refractivity contribution < 1.29 is 31.9 Å². The van der Waals surface area contributed by atoms with E-state index in [4.69, 9.17) is 4.74 Å². The number of carbonyl (C=O) groups excluding carboxylic acids is 2. The Bertz CT molecular complexity index is 1100. The lowest BCUT2D eigenvalue weighted by atomic mass is 9.80. The van der Waals surface area contributed by atoms with Gasteiger partial charge < -0.3 is 15.4 Å². The Morgan fingerprint density at radius 2 is 1.75 bits per heavy atom. The average molecular weight is 510 g/mol. The van der Waals surface area contributed by atoms with E-state index in [1.165, 1.54) is 0 Å². The molecule has 10 heteroatoms. The first-order chi connectivity index (χ1) is 16.7. The molecule has 2 amide bonds. The summed E-state index contributed by atoms with van der Waals surface area (Å²) >= 11 is 0. The van der Waals surface area contributed by atoms with E-state index in [0.29, 0.717) is 11.8 Å². The predicted octanol–water partition coefficient (Wildman–Crippen LogP) is 4.45. The second kappa shape index (κ2) is 10.5. The van der Waals surface area contributed by atoms with Gasteiger partial charge in [-0.25, -0.2) is 4.39 Å². The molecule has 2 aromatic carbocycles. The van der Waals surface area contributed by atoms with Gasteiger partial charge in [-0.2, -0.15) is 13.2 Å². The van der Waals surface area contributed by atoms with Gasteiger partial charge >= 0.3 is 6.18 Å². The topological polar surface area (TPSA) is 79.5 Å². The number of halogens is 4. The molecule has 1 saturated heterocycles. The van der Waals surface area contributed by atoms with Gasteiger partial charge in [-0.1, -0.05) is 45.9 Å². The highest BCUT2D eigenvalue weighted by molar-refractivity contribution is 5.90. The van der Waals surface area contributed by atoms with Crippen LogP contribution in [0.1, 0.15) is 56.8 Å². The van der Waals surface area contributed by atoms with E-state index in [2.05, 4.69) is 16.0 Å². The normalized spacial score (nSPS) is 19.6. The molecule has 0 saturated carbocycles. The molecule has 1 aliphatic rings. The summed E-state index contributed by atoms with van der Waals surface area (Å²) in [6.45, 7) is 7.37. The largest absolute Gasteiger partial charge is 0.497 e. The number of alkyl halides is 3. The summed E-state index contributed by atoms with van der Waals surface area (Å²) in [5, 5.41) is 8.87. The summed E-state index contributed by atoms with van der Waals surface area (Å²) in [6.07, 6.45) is -5.51. The number of methoxy groups -OCH3 is 1. The summed E-state index contributed by atoms with van der Waals surface area (Å²) in [5.74, 6) is -1.79. The number of benzene rings is 2. The van der Waals surface area contributed by atoms with Crippen LogP contribution in [0.5, 0.6) is 5.75 Å². The van der Waals surface area contributed by atoms with Gasteiger partial charge in [0.15, 0.2) is 0 Å². The number of nitrogens with one attached hydrogen (secondary N) is 3. The van der Waals surface area contributed by atoms with Gasteiger partial charge in [0.25, 0.3) is 0 Å². The maximum atomic E-state index is 14.2. The first kappa shape index (κ1) is 27.4. The van der Waals surface area contributed by atoms with Crippen molar-refractivity contribution in [2.24, 2.45) is 5.92 Å². The Morgan fingerprint density at radius 3 is 2.28 bits per heavy atom. The fourth-order valence-electron chi connectivity index (χ4n) is 4.29. The number of amides is 2. The van der Waals surface area contributed by atoms with Crippen LogP contribution in [0.15, 0.2) is 42.5 Å². The molecular formula is C26H31F4N3O3. The Balaban J connectivity index is 1.79. The molecule has 3 N–H and O–H groups in total. The maximum Gasteiger partial charge on any atom is 0.419 e. The predicted molar refractivity (Wildman–Crippen MR) is 127 cm³/mol. The lowest BCUT2D eigenvalue weighted by Crippen LogP contribution is -2.66. The SMILES string of the molecule is COc1ccc(C(C)(C)C2NC(=O)CC(C(=O)N[C@@H](c3ccc(C(F)(F)F)c(F)c3)C(C)C)N2)cc1. The Morgan fingerprint density at radius 1 is 1.11 bits per heavy atom. The fraction of sp³-hybridized carbons (Fsp3) is 0.462. The molecule has 0 aliphatic carbocycles. The van der Waals surface area contributed by atoms with Crippen LogP contribution < -0.4 is 20.7 Å². The zero-order valence-corrected chi connectivity index (χ0v) is 20.8. The second-order valence-corrected chi connectivity index (χ2v) is 9.84. The van der Waals surface area contributed by atoms with Crippen LogP contribution in [0.25, 0.3) is 0 Å². The van der Waals surface area contributed by atoms with Crippen LogP contribution in [0.3, 0.4) is 0 Å². The minimum absolute atomic E-state index is 0.118. The van der Waals surface area contributed by atoms with Crippen molar-refractivity contribution in [2.45, 2.75) is 64.0 Å². The fourth-order valence-corrected chi connectivity index (χ4v) is 4.29. The van der Waals surface area contributed by atoms with Crippen molar-refractivity contribution in [1.82, 2.24) is 16.0 Å². The first-order valence-electron chi connectivity index (χ1n) is 11.6. The van der Waals surface area contributed by atoms with E-state index < -0.39 is 47.1 Å². The molecule has 0 bridgehead atoms. The van der Waals surface area contributed by atoms with Crippen molar-refractivity contribution in [3.63, 3.8) is 0 Å². The van der Waals surface area contributed by atoms with E-state index in [1.807, 2.05) is 38.1 Å². The van der Waals surface area contributed by atoms with Crippen LogP contribution in [0.4, 0.5) is 17.6 Å². The summed E-state index contributed by atoms with van der Waals surface area (Å²) in [6, 6.07) is 8.36. The summed E-state index contributed by atoms with van der Waals surface area (Å²) in [5.41, 5.74) is -0.856. The van der Waals surface area contributed by atoms with E-state index in [9.17, 15) is 27.2 Å². The number of hydrogen-bond acceptors (Lipinski definition) is 4. The summed E-state index contributed by atoms with van der Waals surface area (Å²) in [7, 11) is 1.57. The van der Waals surface area contributed by atoms with Crippen molar-refractivity contribution >= 4 is 11.8 Å². The standard InChI is InChI=1S/C26H31F4N3O3/c1-14(2)22(15-6-11-18(19(27)12-15)26(28,29)30)33-23(35)20-13-21(34)32-24(31-20)25(3,4)16-7-9-17(36-5)10-8-16/h6-12,14,20,22,24,31H,13H2,1-5H3,(H,32,34)(H,33,35)/t20?,22-,24?/m1/s1. The van der Waals surface area contributed by atoms with Crippen LogP contribution in [0, 0.1) is 11.7 Å². The van der Waals surface area contributed by atoms with Crippen molar-refractivity contribution in [3.05, 3.63) is 65.0 Å². The lowest BCUT2D eigenvalue weighted by Gasteiger charge is -2.41. The molecule has 1 heterocycles. The van der Waals surface area contributed by atoms with E-state index in [-0.39, 0.29) is 23.8 Å². The van der Waals surface area contributed by atoms with Gasteiger partial charge in [0.2, 0.25) is 11.8 Å². The Hall–Kier alpha value is -3.14. The number of ether oxygens (including phenoxy) is 1. The zero-order valence-electron chi connectivity index (χ0n) is 20.8. The van der Waals surface area contributed by atoms with Gasteiger partial charge in [-0.15, -0.1) is 0 Å². The molecule has 6 nitrogen and oxygen atoms in total. The highest BCUT2D eigenvalue weighted by atomic mass is 19.4. The molecule has 3 rings (SSSR count). The third-order valence-corrected chi connectivity index (χ3v) is 6.56. The van der Waals surface area contributed by atoms with Crippen LogP contribution in [0.2, 0.25) is 0 Å². The second-order valence-electron chi connectivity index (χ2n) is 9.84. The molecule has 0 spiro atoms. The molecule has 1 fully saturated rings. The molecule has 2 unspecified atom stereocenters. The van der Waals surface area contributed by atoms with Gasteiger partial charge in [-0.3, -0.25) is 14.9 Å². The van der Waals surface area contributed by atoms with Crippen molar-refractivity contribution in [3.8, 4) is 5.75 Å². The molecule has 196 valence electrons. The molecule has 0 aromatic heterocycles. The van der Waals surface area contributed by atoms with Crippen LogP contribution in [-0.4, -0.2) is 31.1 Å². The van der Waals surface area contributed by atoms with Gasteiger partial charge in [0, 0.05) is 5.41 Å². The quantitative estimate of drug-likeness (QED) is 0.482. The number of rotatable bonds is 7. The van der Waals surface area contributed by atoms with Crippen LogP contribution >= 0.6 is 0 Å². The van der Waals surface area contributed by atoms with Crippen molar-refractivity contribution in [2.75, 3.05) is 7.11 Å². The monoisotopic (exact) mass is 509 g/mol. The summed E-state index contributed by atoms with van der Waals surface area (Å²) < 4.78 is 58.3. The molecule has 2 aromatic rings. The highest BCUT2D eigenvalue weighted by Gasteiger charge is 2.40. The highest BCUT2D eigenvalue weighted by Crippen LogP contribution is 2.34. The van der Waals surface area contributed by atoms with Gasteiger partial charge in [-0.05, 0) is 41.3 Å². The minimum Gasteiger partial charge on any atom is -0.497 e. The van der Waals surface area contributed by atoms with Crippen LogP contribution in [-0.2, 0) is 21.2 Å². The maximum absolute atomic E-state index is 14.2.